The van der Waals surface area contributed by atoms with Gasteiger partial charge in [0.2, 0.25) is 0 Å². The third-order valence-corrected chi connectivity index (χ3v) is 3.74. The SMILES string of the molecule is CCCc1nc(N(C)CC(F)(F)F)sc1CNCC. The second kappa shape index (κ2) is 7.09. The maximum atomic E-state index is 12.4. The molecule has 0 unspecified atom stereocenters. The molecule has 0 fully saturated rings. The number of rotatable bonds is 7. The first-order valence-electron chi connectivity index (χ1n) is 6.34. The molecule has 0 atom stereocenters. The van der Waals surface area contributed by atoms with E-state index >= 15 is 0 Å². The Morgan fingerprint density at radius 2 is 2.00 bits per heavy atom. The van der Waals surface area contributed by atoms with E-state index in [9.17, 15) is 13.2 Å². The Morgan fingerprint density at radius 1 is 1.32 bits per heavy atom. The average Bonchev–Trinajstić information content (AvgIpc) is 2.68. The van der Waals surface area contributed by atoms with Gasteiger partial charge in [-0.2, -0.15) is 13.2 Å². The highest BCUT2D eigenvalue weighted by Crippen LogP contribution is 2.28. The van der Waals surface area contributed by atoms with Crippen molar-refractivity contribution >= 4 is 16.5 Å². The van der Waals surface area contributed by atoms with Crippen LogP contribution in [0.3, 0.4) is 0 Å². The fourth-order valence-electron chi connectivity index (χ4n) is 1.68. The number of nitrogens with one attached hydrogen (secondary N) is 1. The van der Waals surface area contributed by atoms with Crippen molar-refractivity contribution in [3.63, 3.8) is 0 Å². The van der Waals surface area contributed by atoms with E-state index in [1.807, 2.05) is 13.8 Å². The van der Waals surface area contributed by atoms with Gasteiger partial charge in [0.15, 0.2) is 5.13 Å². The normalized spacial score (nSPS) is 11.9. The summed E-state index contributed by atoms with van der Waals surface area (Å²) >= 11 is 1.34. The lowest BCUT2D eigenvalue weighted by Crippen LogP contribution is -2.30. The van der Waals surface area contributed by atoms with Gasteiger partial charge in [-0.15, -0.1) is 11.3 Å². The lowest BCUT2D eigenvalue weighted by molar-refractivity contribution is -0.119. The van der Waals surface area contributed by atoms with Crippen molar-refractivity contribution in [2.75, 3.05) is 25.0 Å². The van der Waals surface area contributed by atoms with Gasteiger partial charge in [-0.05, 0) is 13.0 Å². The minimum absolute atomic E-state index is 0.439. The predicted molar refractivity (Wildman–Crippen MR) is 72.8 cm³/mol. The Bertz CT molecular complexity index is 390. The molecule has 19 heavy (non-hydrogen) atoms. The van der Waals surface area contributed by atoms with Gasteiger partial charge >= 0.3 is 6.18 Å². The van der Waals surface area contributed by atoms with Crippen LogP contribution in [0, 0.1) is 0 Å². The number of hydrogen-bond acceptors (Lipinski definition) is 4. The van der Waals surface area contributed by atoms with Crippen LogP contribution in [0.1, 0.15) is 30.8 Å². The Morgan fingerprint density at radius 3 is 2.53 bits per heavy atom. The summed E-state index contributed by atoms with van der Waals surface area (Å²) in [5.74, 6) is 0. The first-order chi connectivity index (χ1) is 8.87. The first kappa shape index (κ1) is 16.2. The second-order valence-corrected chi connectivity index (χ2v) is 5.43. The zero-order valence-corrected chi connectivity index (χ0v) is 12.3. The van der Waals surface area contributed by atoms with Crippen LogP contribution in [0.2, 0.25) is 0 Å². The van der Waals surface area contributed by atoms with Gasteiger partial charge < -0.3 is 10.2 Å². The molecule has 1 N–H and O–H groups in total. The van der Waals surface area contributed by atoms with Gasteiger partial charge in [0.1, 0.15) is 6.54 Å². The van der Waals surface area contributed by atoms with Crippen LogP contribution < -0.4 is 10.2 Å². The molecule has 0 bridgehead atoms. The van der Waals surface area contributed by atoms with E-state index in [-0.39, 0.29) is 0 Å². The molecule has 0 spiro atoms. The number of thiazole rings is 1. The molecule has 1 aromatic rings. The number of aromatic nitrogens is 1. The monoisotopic (exact) mass is 295 g/mol. The molecule has 1 rings (SSSR count). The van der Waals surface area contributed by atoms with E-state index in [0.29, 0.717) is 11.7 Å². The van der Waals surface area contributed by atoms with Crippen LogP contribution in [-0.4, -0.2) is 31.3 Å². The zero-order valence-electron chi connectivity index (χ0n) is 11.5. The topological polar surface area (TPSA) is 28.2 Å². The highest BCUT2D eigenvalue weighted by molar-refractivity contribution is 7.15. The molecule has 0 aromatic carbocycles. The molecule has 0 radical (unpaired) electrons. The Kier molecular flexibility index (Phi) is 6.06. The molecule has 0 aliphatic rings. The minimum atomic E-state index is -4.20. The third-order valence-electron chi connectivity index (χ3n) is 2.53. The molecule has 0 saturated heterocycles. The molecule has 3 nitrogen and oxygen atoms in total. The summed E-state index contributed by atoms with van der Waals surface area (Å²) in [4.78, 5) is 6.54. The average molecular weight is 295 g/mol. The Labute approximate surface area is 115 Å². The number of halogens is 3. The molecule has 110 valence electrons. The summed E-state index contributed by atoms with van der Waals surface area (Å²) in [5, 5.41) is 3.63. The van der Waals surface area contributed by atoms with Crippen molar-refractivity contribution in [2.45, 2.75) is 39.4 Å². The predicted octanol–water partition coefficient (Wildman–Crippen LogP) is 3.20. The van der Waals surface area contributed by atoms with Crippen molar-refractivity contribution in [1.29, 1.82) is 0 Å². The van der Waals surface area contributed by atoms with E-state index < -0.39 is 12.7 Å². The number of alkyl halides is 3. The molecule has 0 aliphatic carbocycles. The third kappa shape index (κ3) is 5.36. The van der Waals surface area contributed by atoms with Crippen molar-refractivity contribution < 1.29 is 13.2 Å². The summed E-state index contributed by atoms with van der Waals surface area (Å²) in [5.41, 5.74) is 0.914. The lowest BCUT2D eigenvalue weighted by Gasteiger charge is -2.17. The fourth-order valence-corrected chi connectivity index (χ4v) is 2.71. The molecular formula is C12H20F3N3S. The molecule has 7 heteroatoms. The summed E-state index contributed by atoms with van der Waals surface area (Å²) in [6.45, 7) is 4.57. The molecule has 1 aromatic heterocycles. The van der Waals surface area contributed by atoms with Gasteiger partial charge in [0.25, 0.3) is 0 Å². The van der Waals surface area contributed by atoms with E-state index in [0.717, 1.165) is 30.0 Å². The lowest BCUT2D eigenvalue weighted by atomic mass is 10.2. The zero-order chi connectivity index (χ0) is 14.5. The van der Waals surface area contributed by atoms with Crippen LogP contribution in [0.4, 0.5) is 18.3 Å². The van der Waals surface area contributed by atoms with Crippen molar-refractivity contribution in [1.82, 2.24) is 10.3 Å². The summed E-state index contributed by atoms with van der Waals surface area (Å²) in [7, 11) is 1.43. The minimum Gasteiger partial charge on any atom is -0.342 e. The van der Waals surface area contributed by atoms with Crippen LogP contribution >= 0.6 is 11.3 Å². The van der Waals surface area contributed by atoms with E-state index in [1.165, 1.54) is 23.3 Å². The van der Waals surface area contributed by atoms with Crippen molar-refractivity contribution in [2.24, 2.45) is 0 Å². The highest BCUT2D eigenvalue weighted by Gasteiger charge is 2.30. The first-order valence-corrected chi connectivity index (χ1v) is 7.16. The summed E-state index contributed by atoms with van der Waals surface area (Å²) < 4.78 is 37.1. The quantitative estimate of drug-likeness (QED) is 0.837. The van der Waals surface area contributed by atoms with Crippen LogP contribution in [0.15, 0.2) is 0 Å². The van der Waals surface area contributed by atoms with E-state index in [1.54, 1.807) is 0 Å². The molecule has 0 saturated carbocycles. The van der Waals surface area contributed by atoms with E-state index in [4.69, 9.17) is 0 Å². The fraction of sp³-hybridized carbons (Fsp3) is 0.750. The van der Waals surface area contributed by atoms with Crippen LogP contribution in [0.5, 0.6) is 0 Å². The number of aryl methyl sites for hydroxylation is 1. The summed E-state index contributed by atoms with van der Waals surface area (Å²) in [6, 6.07) is 0. The molecular weight excluding hydrogens is 275 g/mol. The highest BCUT2D eigenvalue weighted by atomic mass is 32.1. The molecule has 0 aliphatic heterocycles. The van der Waals surface area contributed by atoms with Crippen LogP contribution in [0.25, 0.3) is 0 Å². The molecule has 1 heterocycles. The number of nitrogens with zero attached hydrogens (tertiary/aromatic N) is 2. The van der Waals surface area contributed by atoms with Crippen molar-refractivity contribution in [3.8, 4) is 0 Å². The van der Waals surface area contributed by atoms with Gasteiger partial charge in [0.05, 0.1) is 5.69 Å². The number of hydrogen-bond donors (Lipinski definition) is 1. The largest absolute Gasteiger partial charge is 0.405 e. The van der Waals surface area contributed by atoms with Crippen molar-refractivity contribution in [3.05, 3.63) is 10.6 Å². The standard InChI is InChI=1S/C12H20F3N3S/c1-4-6-9-10(7-16-5-2)19-11(17-9)18(3)8-12(13,14)15/h16H,4-8H2,1-3H3. The Balaban J connectivity index is 2.83. The van der Waals surface area contributed by atoms with Gasteiger partial charge in [-0.1, -0.05) is 20.3 Å². The van der Waals surface area contributed by atoms with E-state index in [2.05, 4.69) is 10.3 Å². The van der Waals surface area contributed by atoms with Gasteiger partial charge in [-0.3, -0.25) is 0 Å². The maximum Gasteiger partial charge on any atom is 0.405 e. The Hall–Kier alpha value is -0.820. The summed E-state index contributed by atoms with van der Waals surface area (Å²) in [6.07, 6.45) is -2.46. The maximum absolute atomic E-state index is 12.4. The van der Waals surface area contributed by atoms with Crippen LogP contribution in [-0.2, 0) is 13.0 Å². The molecule has 0 amide bonds. The van der Waals surface area contributed by atoms with Gasteiger partial charge in [-0.25, -0.2) is 4.98 Å². The smallest absolute Gasteiger partial charge is 0.342 e. The second-order valence-electron chi connectivity index (χ2n) is 4.37. The van der Waals surface area contributed by atoms with Gasteiger partial charge in [0, 0.05) is 18.5 Å². The number of anilines is 1.